The lowest BCUT2D eigenvalue weighted by molar-refractivity contribution is -0.136. The van der Waals surface area contributed by atoms with Crippen molar-refractivity contribution in [1.29, 1.82) is 0 Å². The molecule has 0 spiro atoms. The van der Waals surface area contributed by atoms with E-state index in [-0.39, 0.29) is 6.42 Å². The molecule has 1 saturated carbocycles. The topological polar surface area (TPSA) is 50.2 Å². The maximum atomic E-state index is 10.9. The Labute approximate surface area is 112 Å². The lowest BCUT2D eigenvalue weighted by Gasteiger charge is -2.13. The van der Waals surface area contributed by atoms with Gasteiger partial charge in [0.25, 0.3) is 0 Å². The van der Waals surface area contributed by atoms with Gasteiger partial charge in [-0.1, -0.05) is 31.0 Å². The molecule has 3 heteroatoms. The summed E-state index contributed by atoms with van der Waals surface area (Å²) in [4.78, 5) is 15.5. The maximum absolute atomic E-state index is 10.9. The molecule has 1 aromatic heterocycles. The third-order valence-corrected chi connectivity index (χ3v) is 4.01. The number of aromatic nitrogens is 1. The molecule has 1 aliphatic rings. The summed E-state index contributed by atoms with van der Waals surface area (Å²) in [6, 6.07) is 7.85. The third kappa shape index (κ3) is 2.33. The molecule has 0 unspecified atom stereocenters. The number of fused-ring (bicyclic) bond motifs is 1. The van der Waals surface area contributed by atoms with E-state index in [9.17, 15) is 4.79 Å². The van der Waals surface area contributed by atoms with Crippen LogP contribution >= 0.6 is 0 Å². The average Bonchev–Trinajstić information content (AvgIpc) is 2.91. The van der Waals surface area contributed by atoms with E-state index < -0.39 is 5.97 Å². The van der Waals surface area contributed by atoms with Crippen LogP contribution in [0, 0.1) is 0 Å². The number of carboxylic acids is 1. The van der Waals surface area contributed by atoms with Crippen LogP contribution in [-0.2, 0) is 11.2 Å². The maximum Gasteiger partial charge on any atom is 0.307 e. The van der Waals surface area contributed by atoms with Crippen LogP contribution in [0.2, 0.25) is 0 Å². The normalized spacial score (nSPS) is 16.0. The average molecular weight is 255 g/mol. The monoisotopic (exact) mass is 255 g/mol. The first-order valence-electron chi connectivity index (χ1n) is 6.84. The van der Waals surface area contributed by atoms with Crippen LogP contribution < -0.4 is 0 Å². The predicted octanol–water partition coefficient (Wildman–Crippen LogP) is 3.52. The molecule has 2 aromatic rings. The predicted molar refractivity (Wildman–Crippen MR) is 74.3 cm³/mol. The first-order valence-corrected chi connectivity index (χ1v) is 6.84. The van der Waals surface area contributed by atoms with Gasteiger partial charge in [-0.2, -0.15) is 0 Å². The molecule has 0 amide bonds. The molecule has 98 valence electrons. The van der Waals surface area contributed by atoms with Crippen LogP contribution in [-0.4, -0.2) is 16.1 Å². The molecular formula is C16H17NO2. The second-order valence-corrected chi connectivity index (χ2v) is 5.26. The fourth-order valence-corrected chi connectivity index (χ4v) is 3.14. The number of aliphatic carboxylic acids is 1. The smallest absolute Gasteiger partial charge is 0.307 e. The van der Waals surface area contributed by atoms with Gasteiger partial charge in [-0.15, -0.1) is 0 Å². The van der Waals surface area contributed by atoms with Crippen LogP contribution in [0.5, 0.6) is 0 Å². The second-order valence-electron chi connectivity index (χ2n) is 5.26. The molecule has 0 radical (unpaired) electrons. The van der Waals surface area contributed by atoms with Crippen molar-refractivity contribution < 1.29 is 9.90 Å². The molecule has 1 fully saturated rings. The summed E-state index contributed by atoms with van der Waals surface area (Å²) in [5, 5.41) is 11.2. The van der Waals surface area contributed by atoms with Gasteiger partial charge in [0.1, 0.15) is 0 Å². The van der Waals surface area contributed by atoms with Gasteiger partial charge in [-0.05, 0) is 29.9 Å². The van der Waals surface area contributed by atoms with Gasteiger partial charge in [-0.3, -0.25) is 9.78 Å². The van der Waals surface area contributed by atoms with Crippen LogP contribution in [0.3, 0.4) is 0 Å². The fraction of sp³-hybridized carbons (Fsp3) is 0.375. The number of carbonyl (C=O) groups is 1. The summed E-state index contributed by atoms with van der Waals surface area (Å²) in [6.07, 6.45) is 6.85. The van der Waals surface area contributed by atoms with Crippen molar-refractivity contribution in [2.45, 2.75) is 38.0 Å². The van der Waals surface area contributed by atoms with Gasteiger partial charge in [0.15, 0.2) is 0 Å². The largest absolute Gasteiger partial charge is 0.481 e. The van der Waals surface area contributed by atoms with Crippen molar-refractivity contribution in [2.75, 3.05) is 0 Å². The number of hydrogen-bond donors (Lipinski definition) is 1. The van der Waals surface area contributed by atoms with E-state index in [1.807, 2.05) is 24.4 Å². The highest BCUT2D eigenvalue weighted by Gasteiger charge is 2.20. The van der Waals surface area contributed by atoms with Crippen LogP contribution in [0.25, 0.3) is 10.8 Å². The summed E-state index contributed by atoms with van der Waals surface area (Å²) in [5.41, 5.74) is 2.04. The van der Waals surface area contributed by atoms with Gasteiger partial charge in [-0.25, -0.2) is 0 Å². The van der Waals surface area contributed by atoms with Gasteiger partial charge >= 0.3 is 5.97 Å². The zero-order valence-electron chi connectivity index (χ0n) is 10.8. The van der Waals surface area contributed by atoms with E-state index in [1.54, 1.807) is 0 Å². The summed E-state index contributed by atoms with van der Waals surface area (Å²) < 4.78 is 0. The molecule has 1 aliphatic carbocycles. The Hall–Kier alpha value is -1.90. The third-order valence-electron chi connectivity index (χ3n) is 4.01. The number of pyridine rings is 1. The van der Waals surface area contributed by atoms with Crippen molar-refractivity contribution in [1.82, 2.24) is 4.98 Å². The van der Waals surface area contributed by atoms with Gasteiger partial charge in [0, 0.05) is 17.5 Å². The Morgan fingerprint density at radius 2 is 2.00 bits per heavy atom. The fourth-order valence-electron chi connectivity index (χ4n) is 3.14. The van der Waals surface area contributed by atoms with E-state index in [0.717, 1.165) is 22.0 Å². The minimum absolute atomic E-state index is 0.0749. The lowest BCUT2D eigenvalue weighted by atomic mass is 9.95. The Bertz CT molecular complexity index is 615. The van der Waals surface area contributed by atoms with Crippen molar-refractivity contribution in [3.63, 3.8) is 0 Å². The molecule has 0 saturated heterocycles. The van der Waals surface area contributed by atoms with E-state index in [4.69, 9.17) is 5.11 Å². The number of rotatable bonds is 3. The molecule has 1 N–H and O–H groups in total. The molecule has 0 atom stereocenters. The van der Waals surface area contributed by atoms with E-state index in [2.05, 4.69) is 11.1 Å². The minimum Gasteiger partial charge on any atom is -0.481 e. The Morgan fingerprint density at radius 3 is 2.74 bits per heavy atom. The van der Waals surface area contributed by atoms with Crippen molar-refractivity contribution in [2.24, 2.45) is 0 Å². The summed E-state index contributed by atoms with van der Waals surface area (Å²) in [5.74, 6) is -0.240. The molecule has 0 bridgehead atoms. The molecule has 3 nitrogen and oxygen atoms in total. The first kappa shape index (κ1) is 12.2. The molecule has 3 rings (SSSR count). The van der Waals surface area contributed by atoms with Gasteiger partial charge in [0.05, 0.1) is 12.1 Å². The summed E-state index contributed by atoms with van der Waals surface area (Å²) in [7, 11) is 0. The van der Waals surface area contributed by atoms with Crippen molar-refractivity contribution in [3.8, 4) is 0 Å². The van der Waals surface area contributed by atoms with Crippen LogP contribution in [0.4, 0.5) is 0 Å². The van der Waals surface area contributed by atoms with Gasteiger partial charge < -0.3 is 5.11 Å². The second kappa shape index (κ2) is 5.00. The molecule has 1 heterocycles. The Morgan fingerprint density at radius 1 is 1.21 bits per heavy atom. The number of benzene rings is 1. The highest BCUT2D eigenvalue weighted by atomic mass is 16.4. The van der Waals surface area contributed by atoms with E-state index >= 15 is 0 Å². The van der Waals surface area contributed by atoms with E-state index in [0.29, 0.717) is 5.92 Å². The van der Waals surface area contributed by atoms with Crippen LogP contribution in [0.15, 0.2) is 30.5 Å². The number of hydrogen-bond acceptors (Lipinski definition) is 2. The quantitative estimate of drug-likeness (QED) is 0.912. The van der Waals surface area contributed by atoms with Crippen molar-refractivity contribution in [3.05, 3.63) is 41.7 Å². The van der Waals surface area contributed by atoms with Gasteiger partial charge in [0.2, 0.25) is 0 Å². The standard InChI is InChI=1S/C16H17NO2/c18-15(19)10-12-6-3-7-14-13(12)8-9-17-16(14)11-4-1-2-5-11/h3,6-9,11H,1-2,4-5,10H2,(H,18,19). The van der Waals surface area contributed by atoms with E-state index in [1.165, 1.54) is 25.7 Å². The highest BCUT2D eigenvalue weighted by Crippen LogP contribution is 2.36. The Balaban J connectivity index is 2.12. The lowest BCUT2D eigenvalue weighted by Crippen LogP contribution is -2.03. The SMILES string of the molecule is O=C(O)Cc1cccc2c(C3CCCC3)nccc12. The van der Waals surface area contributed by atoms with Crippen molar-refractivity contribution >= 4 is 16.7 Å². The Kier molecular flexibility index (Phi) is 3.20. The zero-order valence-corrected chi connectivity index (χ0v) is 10.8. The molecule has 19 heavy (non-hydrogen) atoms. The molecule has 1 aromatic carbocycles. The molecule has 0 aliphatic heterocycles. The molecular weight excluding hydrogens is 238 g/mol. The minimum atomic E-state index is -0.785. The number of nitrogens with zero attached hydrogens (tertiary/aromatic N) is 1. The van der Waals surface area contributed by atoms with Crippen LogP contribution in [0.1, 0.15) is 42.9 Å². The first-order chi connectivity index (χ1) is 9.25. The highest BCUT2D eigenvalue weighted by molar-refractivity contribution is 5.90. The summed E-state index contributed by atoms with van der Waals surface area (Å²) in [6.45, 7) is 0. The number of carboxylic acid groups (broad SMARTS) is 1. The zero-order chi connectivity index (χ0) is 13.2. The summed E-state index contributed by atoms with van der Waals surface area (Å²) >= 11 is 0.